The van der Waals surface area contributed by atoms with Crippen molar-refractivity contribution in [1.29, 1.82) is 0 Å². The molecule has 0 aromatic carbocycles. The first-order valence-corrected chi connectivity index (χ1v) is 4.55. The van der Waals surface area contributed by atoms with Gasteiger partial charge < -0.3 is 14.2 Å². The molecule has 0 saturated carbocycles. The van der Waals surface area contributed by atoms with Crippen molar-refractivity contribution in [2.24, 2.45) is 0 Å². The first-order valence-electron chi connectivity index (χ1n) is 3.52. The van der Waals surface area contributed by atoms with E-state index < -0.39 is 0 Å². The van der Waals surface area contributed by atoms with E-state index in [1.807, 2.05) is 0 Å². The van der Waals surface area contributed by atoms with E-state index in [2.05, 4.69) is 25.3 Å². The third-order valence-electron chi connectivity index (χ3n) is 1.68. The van der Waals surface area contributed by atoms with Crippen molar-refractivity contribution in [1.82, 2.24) is 0 Å². The van der Waals surface area contributed by atoms with Crippen LogP contribution in [-0.4, -0.2) is 36.3 Å². The lowest BCUT2D eigenvalue weighted by Crippen LogP contribution is -2.08. The molecule has 2 rings (SSSR count). The average molecular weight is 194 g/mol. The van der Waals surface area contributed by atoms with Crippen LogP contribution in [0.3, 0.4) is 0 Å². The topological polar surface area (TPSA) is 34.3 Å². The van der Waals surface area contributed by atoms with Crippen LogP contribution in [0.4, 0.5) is 0 Å². The quantitative estimate of drug-likeness (QED) is 0.499. The van der Waals surface area contributed by atoms with Crippen LogP contribution in [0.25, 0.3) is 0 Å². The van der Waals surface area contributed by atoms with Gasteiger partial charge in [-0.1, -0.05) is 0 Å². The Bertz CT molecular complexity index is 139. The van der Waals surface area contributed by atoms with Gasteiger partial charge in [0, 0.05) is 0 Å². The SMILES string of the molecule is SC1OC1COCC1OC1S. The lowest BCUT2D eigenvalue weighted by Gasteiger charge is -1.96. The molecule has 11 heavy (non-hydrogen) atoms. The van der Waals surface area contributed by atoms with Crippen molar-refractivity contribution >= 4 is 25.3 Å². The van der Waals surface area contributed by atoms with Crippen molar-refractivity contribution in [2.75, 3.05) is 13.2 Å². The van der Waals surface area contributed by atoms with E-state index in [0.717, 1.165) is 0 Å². The van der Waals surface area contributed by atoms with Gasteiger partial charge in [0.25, 0.3) is 0 Å². The van der Waals surface area contributed by atoms with E-state index in [0.29, 0.717) is 13.2 Å². The Hall–Kier alpha value is 0.580. The molecule has 4 unspecified atom stereocenters. The lowest BCUT2D eigenvalue weighted by molar-refractivity contribution is 0.102. The Morgan fingerprint density at radius 1 is 1.00 bits per heavy atom. The zero-order chi connectivity index (χ0) is 7.84. The summed E-state index contributed by atoms with van der Waals surface area (Å²) in [5, 5.41) is 0. The maximum atomic E-state index is 5.27. The molecule has 4 atom stereocenters. The van der Waals surface area contributed by atoms with Crippen molar-refractivity contribution in [3.8, 4) is 0 Å². The van der Waals surface area contributed by atoms with Gasteiger partial charge in [-0.25, -0.2) is 0 Å². The third-order valence-corrected chi connectivity index (χ3v) is 2.58. The monoisotopic (exact) mass is 194 g/mol. The number of epoxide rings is 2. The van der Waals surface area contributed by atoms with Crippen LogP contribution in [0.1, 0.15) is 0 Å². The van der Waals surface area contributed by atoms with E-state index >= 15 is 0 Å². The molecule has 0 bridgehead atoms. The van der Waals surface area contributed by atoms with Gasteiger partial charge in [-0.05, 0) is 0 Å². The zero-order valence-corrected chi connectivity index (χ0v) is 7.63. The van der Waals surface area contributed by atoms with Gasteiger partial charge in [0.1, 0.15) is 23.1 Å². The van der Waals surface area contributed by atoms with Gasteiger partial charge in [0.15, 0.2) is 0 Å². The third kappa shape index (κ3) is 2.26. The number of rotatable bonds is 4. The smallest absolute Gasteiger partial charge is 0.129 e. The Labute approximate surface area is 76.2 Å². The standard InChI is InChI=1S/C6H10O3S2/c10-5-3(8-5)1-7-2-4-6(11)9-4/h3-6,10-11H,1-2H2. The summed E-state index contributed by atoms with van der Waals surface area (Å²) in [5.74, 6) is 0. The van der Waals surface area contributed by atoms with Crippen LogP contribution in [0.2, 0.25) is 0 Å². The van der Waals surface area contributed by atoms with Crippen molar-refractivity contribution < 1.29 is 14.2 Å². The number of hydrogen-bond donors (Lipinski definition) is 2. The summed E-state index contributed by atoms with van der Waals surface area (Å²) in [6.07, 6.45) is 0.380. The Morgan fingerprint density at radius 2 is 1.36 bits per heavy atom. The number of hydrogen-bond acceptors (Lipinski definition) is 5. The van der Waals surface area contributed by atoms with Crippen LogP contribution >= 0.6 is 25.3 Å². The van der Waals surface area contributed by atoms with E-state index in [4.69, 9.17) is 14.2 Å². The first kappa shape index (κ1) is 8.19. The highest BCUT2D eigenvalue weighted by Crippen LogP contribution is 2.28. The Kier molecular flexibility index (Phi) is 2.34. The minimum atomic E-state index is 0.0851. The average Bonchev–Trinajstić information content (AvgIpc) is 2.79. The molecular formula is C6H10O3S2. The normalized spacial score (nSPS) is 47.5. The van der Waals surface area contributed by atoms with Crippen molar-refractivity contribution in [2.45, 2.75) is 23.1 Å². The predicted octanol–water partition coefficient (Wildman–Crippen LogP) is 0.312. The second kappa shape index (κ2) is 3.14. The molecule has 0 amide bonds. The van der Waals surface area contributed by atoms with Gasteiger partial charge in [-0.3, -0.25) is 0 Å². The molecule has 2 fully saturated rings. The second-order valence-electron chi connectivity index (χ2n) is 2.67. The van der Waals surface area contributed by atoms with Crippen molar-refractivity contribution in [3.05, 3.63) is 0 Å². The van der Waals surface area contributed by atoms with Gasteiger partial charge in [0.2, 0.25) is 0 Å². The molecule has 0 aliphatic carbocycles. The fraction of sp³-hybridized carbons (Fsp3) is 1.00. The lowest BCUT2D eigenvalue weighted by atomic mass is 10.5. The second-order valence-corrected chi connectivity index (χ2v) is 3.69. The molecule has 3 nitrogen and oxygen atoms in total. The fourth-order valence-electron chi connectivity index (χ4n) is 0.811. The van der Waals surface area contributed by atoms with Gasteiger partial charge >= 0.3 is 0 Å². The van der Waals surface area contributed by atoms with Crippen LogP contribution in [0, 0.1) is 0 Å². The number of ether oxygens (including phenoxy) is 3. The van der Waals surface area contributed by atoms with Gasteiger partial charge in [-0.2, -0.15) is 0 Å². The van der Waals surface area contributed by atoms with E-state index in [1.54, 1.807) is 0 Å². The molecule has 2 saturated heterocycles. The highest BCUT2D eigenvalue weighted by Gasteiger charge is 2.38. The first-order chi connectivity index (χ1) is 5.27. The molecule has 2 heterocycles. The number of thiol groups is 2. The fourth-order valence-corrected chi connectivity index (χ4v) is 1.30. The highest BCUT2D eigenvalue weighted by molar-refractivity contribution is 7.81. The van der Waals surface area contributed by atoms with Crippen LogP contribution in [0.5, 0.6) is 0 Å². The molecule has 2 aliphatic heterocycles. The minimum Gasteiger partial charge on any atom is -0.376 e. The van der Waals surface area contributed by atoms with Crippen molar-refractivity contribution in [3.63, 3.8) is 0 Å². The maximum Gasteiger partial charge on any atom is 0.129 e. The Morgan fingerprint density at radius 3 is 1.64 bits per heavy atom. The molecule has 5 heteroatoms. The maximum absolute atomic E-state index is 5.27. The molecule has 0 N–H and O–H groups in total. The molecule has 0 spiro atoms. The molecule has 0 aromatic rings. The predicted molar refractivity (Wildman–Crippen MR) is 46.1 cm³/mol. The van der Waals surface area contributed by atoms with E-state index in [-0.39, 0.29) is 23.1 Å². The summed E-state index contributed by atoms with van der Waals surface area (Å²) in [4.78, 5) is 0. The van der Waals surface area contributed by atoms with E-state index in [1.165, 1.54) is 0 Å². The molecule has 0 radical (unpaired) electrons. The zero-order valence-electron chi connectivity index (χ0n) is 5.84. The molecule has 2 aliphatic rings. The molecular weight excluding hydrogens is 184 g/mol. The van der Waals surface area contributed by atoms with Gasteiger partial charge in [-0.15, -0.1) is 25.3 Å². The van der Waals surface area contributed by atoms with Crippen LogP contribution in [0.15, 0.2) is 0 Å². The Balaban J connectivity index is 1.48. The summed E-state index contributed by atoms with van der Waals surface area (Å²) in [6, 6.07) is 0. The minimum absolute atomic E-state index is 0.0851. The highest BCUT2D eigenvalue weighted by atomic mass is 32.1. The van der Waals surface area contributed by atoms with Crippen LogP contribution < -0.4 is 0 Å². The summed E-state index contributed by atoms with van der Waals surface area (Å²) in [6.45, 7) is 1.24. The summed E-state index contributed by atoms with van der Waals surface area (Å²) < 4.78 is 15.3. The molecule has 0 aromatic heterocycles. The summed E-state index contributed by atoms with van der Waals surface area (Å²) >= 11 is 8.16. The van der Waals surface area contributed by atoms with Gasteiger partial charge in [0.05, 0.1) is 13.2 Å². The largest absolute Gasteiger partial charge is 0.376 e. The molecule has 64 valence electrons. The van der Waals surface area contributed by atoms with E-state index in [9.17, 15) is 0 Å². The summed E-state index contributed by atoms with van der Waals surface area (Å²) in [5.41, 5.74) is 0.170. The van der Waals surface area contributed by atoms with Crippen LogP contribution in [-0.2, 0) is 14.2 Å². The summed E-state index contributed by atoms with van der Waals surface area (Å²) in [7, 11) is 0.